The Bertz CT molecular complexity index is 300. The van der Waals surface area contributed by atoms with Gasteiger partial charge in [0.2, 0.25) is 0 Å². The van der Waals surface area contributed by atoms with Gasteiger partial charge in [0.25, 0.3) is 0 Å². The summed E-state index contributed by atoms with van der Waals surface area (Å²) < 4.78 is 5.00. The van der Waals surface area contributed by atoms with Crippen molar-refractivity contribution in [2.75, 3.05) is 0 Å². The monoisotopic (exact) mass is 248 g/mol. The molecule has 0 spiro atoms. The molecule has 1 N–H and O–H groups in total. The van der Waals surface area contributed by atoms with Gasteiger partial charge in [0.05, 0.1) is 6.10 Å². The van der Waals surface area contributed by atoms with E-state index in [0.717, 1.165) is 0 Å². The number of hydrogen-bond acceptors (Lipinski definition) is 4. The zero-order valence-electron chi connectivity index (χ0n) is 9.91. The van der Waals surface area contributed by atoms with Crippen LogP contribution in [0.4, 0.5) is 0 Å². The van der Waals surface area contributed by atoms with Gasteiger partial charge in [-0.05, 0) is 27.7 Å². The molecule has 0 fully saturated rings. The Kier molecular flexibility index (Phi) is 5.73. The van der Waals surface area contributed by atoms with Crippen LogP contribution >= 0.6 is 11.6 Å². The predicted octanol–water partition coefficient (Wildman–Crippen LogP) is 1.46. The Morgan fingerprint density at radius 1 is 1.50 bits per heavy atom. The lowest BCUT2D eigenvalue weighted by atomic mass is 10.1. The zero-order valence-corrected chi connectivity index (χ0v) is 10.7. The van der Waals surface area contributed by atoms with Crippen LogP contribution in [-0.4, -0.2) is 34.1 Å². The van der Waals surface area contributed by atoms with E-state index in [4.69, 9.17) is 16.3 Å². The minimum atomic E-state index is -1.18. The molecular weight excluding hydrogens is 232 g/mol. The van der Waals surface area contributed by atoms with Crippen molar-refractivity contribution < 1.29 is 19.4 Å². The number of esters is 1. The van der Waals surface area contributed by atoms with Crippen LogP contribution < -0.4 is 0 Å². The fourth-order valence-electron chi connectivity index (χ4n) is 0.974. The van der Waals surface area contributed by atoms with Crippen molar-refractivity contribution in [3.05, 3.63) is 5.57 Å². The fourth-order valence-corrected chi connectivity index (χ4v) is 1.11. The molecule has 0 radical (unpaired) electrons. The summed E-state index contributed by atoms with van der Waals surface area (Å²) in [6, 6.07) is 0. The van der Waals surface area contributed by atoms with Gasteiger partial charge in [0, 0.05) is 12.0 Å². The standard InChI is InChI=1S/C11H17ClO4/c1-7(6-13)5-8(14)9(12)10(15)16-11(2,3)4/h8-9,14H,5H2,1-4H3. The Morgan fingerprint density at radius 3 is 2.38 bits per heavy atom. The highest BCUT2D eigenvalue weighted by atomic mass is 35.5. The van der Waals surface area contributed by atoms with Gasteiger partial charge in [-0.2, -0.15) is 0 Å². The van der Waals surface area contributed by atoms with Crippen LogP contribution in [0, 0.1) is 0 Å². The second-order valence-electron chi connectivity index (χ2n) is 4.59. The zero-order chi connectivity index (χ0) is 12.9. The van der Waals surface area contributed by atoms with Crippen molar-refractivity contribution in [2.45, 2.75) is 51.2 Å². The van der Waals surface area contributed by atoms with Gasteiger partial charge in [-0.1, -0.05) is 0 Å². The number of halogens is 1. The highest BCUT2D eigenvalue weighted by molar-refractivity contribution is 6.30. The maximum atomic E-state index is 11.4. The summed E-state index contributed by atoms with van der Waals surface area (Å²) in [5, 5.41) is 8.38. The number of aliphatic hydroxyl groups excluding tert-OH is 1. The van der Waals surface area contributed by atoms with Crippen molar-refractivity contribution in [1.29, 1.82) is 0 Å². The Labute approximate surface area is 100 Å². The van der Waals surface area contributed by atoms with Gasteiger partial charge < -0.3 is 9.84 Å². The smallest absolute Gasteiger partial charge is 0.327 e. The molecule has 0 aliphatic heterocycles. The van der Waals surface area contributed by atoms with Crippen molar-refractivity contribution in [3.63, 3.8) is 0 Å². The average Bonchev–Trinajstić information content (AvgIpc) is 2.13. The molecule has 0 saturated carbocycles. The van der Waals surface area contributed by atoms with E-state index in [1.54, 1.807) is 26.7 Å². The van der Waals surface area contributed by atoms with E-state index in [0.29, 0.717) is 5.57 Å². The topological polar surface area (TPSA) is 63.6 Å². The highest BCUT2D eigenvalue weighted by Gasteiger charge is 2.29. The van der Waals surface area contributed by atoms with Crippen LogP contribution in [0.25, 0.3) is 0 Å². The second kappa shape index (κ2) is 6.04. The van der Waals surface area contributed by atoms with Crippen LogP contribution in [0.3, 0.4) is 0 Å². The molecule has 4 nitrogen and oxygen atoms in total. The molecule has 0 heterocycles. The molecule has 2 unspecified atom stereocenters. The number of carbonyl (C=O) groups excluding carboxylic acids is 2. The lowest BCUT2D eigenvalue weighted by Gasteiger charge is -2.23. The number of ether oxygens (including phenoxy) is 1. The second-order valence-corrected chi connectivity index (χ2v) is 5.06. The maximum absolute atomic E-state index is 11.4. The number of carbonyl (C=O) groups is 1. The summed E-state index contributed by atoms with van der Waals surface area (Å²) in [4.78, 5) is 21.7. The molecule has 0 bridgehead atoms. The summed E-state index contributed by atoms with van der Waals surface area (Å²) in [5.74, 6) is 0.940. The molecule has 2 atom stereocenters. The van der Waals surface area contributed by atoms with Crippen LogP contribution in [0.5, 0.6) is 0 Å². The number of aliphatic hydroxyl groups is 1. The SMILES string of the molecule is CC(=C=O)CC(O)C(Cl)C(=O)OC(C)(C)C. The molecule has 16 heavy (non-hydrogen) atoms. The lowest BCUT2D eigenvalue weighted by Crippen LogP contribution is -2.36. The summed E-state index contributed by atoms with van der Waals surface area (Å²) in [7, 11) is 0. The summed E-state index contributed by atoms with van der Waals surface area (Å²) in [5.41, 5.74) is -0.346. The van der Waals surface area contributed by atoms with Crippen LogP contribution in [0.2, 0.25) is 0 Å². The molecule has 0 rings (SSSR count). The molecular formula is C11H17ClO4. The van der Waals surface area contributed by atoms with Gasteiger partial charge in [-0.15, -0.1) is 11.6 Å². The van der Waals surface area contributed by atoms with E-state index in [1.165, 1.54) is 6.92 Å². The molecule has 0 saturated heterocycles. The van der Waals surface area contributed by atoms with Gasteiger partial charge in [-0.3, -0.25) is 4.79 Å². The molecule has 0 aromatic carbocycles. The first-order chi connectivity index (χ1) is 7.17. The summed E-state index contributed by atoms with van der Waals surface area (Å²) in [6.45, 7) is 6.63. The van der Waals surface area contributed by atoms with Crippen LogP contribution in [0.15, 0.2) is 5.57 Å². The Morgan fingerprint density at radius 2 is 2.00 bits per heavy atom. The normalized spacial score (nSPS) is 14.9. The maximum Gasteiger partial charge on any atom is 0.327 e. The third-order valence-electron chi connectivity index (χ3n) is 1.66. The molecule has 0 aliphatic rings. The molecule has 0 aromatic heterocycles. The summed E-state index contributed by atoms with van der Waals surface area (Å²) in [6.07, 6.45) is -1.13. The van der Waals surface area contributed by atoms with Gasteiger partial charge in [0.1, 0.15) is 11.5 Å². The van der Waals surface area contributed by atoms with E-state index in [1.807, 2.05) is 0 Å². The van der Waals surface area contributed by atoms with Crippen molar-refractivity contribution in [3.8, 4) is 0 Å². The van der Waals surface area contributed by atoms with Crippen LogP contribution in [0.1, 0.15) is 34.1 Å². The minimum absolute atomic E-state index is 0.0108. The quantitative estimate of drug-likeness (QED) is 0.465. The molecule has 92 valence electrons. The van der Waals surface area contributed by atoms with Crippen LogP contribution in [-0.2, 0) is 14.3 Å². The largest absolute Gasteiger partial charge is 0.459 e. The third-order valence-corrected chi connectivity index (χ3v) is 2.13. The van der Waals surface area contributed by atoms with E-state index < -0.39 is 23.1 Å². The third kappa shape index (κ3) is 5.91. The molecule has 0 aromatic rings. The molecule has 0 aliphatic carbocycles. The van der Waals surface area contributed by atoms with Gasteiger partial charge >= 0.3 is 5.97 Å². The minimum Gasteiger partial charge on any atom is -0.459 e. The average molecular weight is 249 g/mol. The number of alkyl halides is 1. The first-order valence-electron chi connectivity index (χ1n) is 4.93. The van der Waals surface area contributed by atoms with Gasteiger partial charge in [-0.25, -0.2) is 4.79 Å². The van der Waals surface area contributed by atoms with E-state index in [2.05, 4.69) is 0 Å². The van der Waals surface area contributed by atoms with Crippen molar-refractivity contribution in [1.82, 2.24) is 0 Å². The molecule has 0 amide bonds. The van der Waals surface area contributed by atoms with E-state index in [9.17, 15) is 14.7 Å². The number of hydrogen-bond donors (Lipinski definition) is 1. The summed E-state index contributed by atoms with van der Waals surface area (Å²) >= 11 is 5.72. The first-order valence-corrected chi connectivity index (χ1v) is 5.36. The Hall–Kier alpha value is -0.830. The Balaban J connectivity index is 4.38. The molecule has 5 heteroatoms. The predicted molar refractivity (Wildman–Crippen MR) is 61.0 cm³/mol. The van der Waals surface area contributed by atoms with Crippen molar-refractivity contribution in [2.24, 2.45) is 0 Å². The fraction of sp³-hybridized carbons (Fsp3) is 0.727. The van der Waals surface area contributed by atoms with E-state index in [-0.39, 0.29) is 6.42 Å². The van der Waals surface area contributed by atoms with Gasteiger partial charge in [0.15, 0.2) is 5.38 Å². The first kappa shape index (κ1) is 15.2. The highest BCUT2D eigenvalue weighted by Crippen LogP contribution is 2.16. The van der Waals surface area contributed by atoms with Crippen molar-refractivity contribution >= 4 is 23.5 Å². The lowest BCUT2D eigenvalue weighted by molar-refractivity contribution is -0.156. The van der Waals surface area contributed by atoms with E-state index >= 15 is 0 Å². The number of rotatable bonds is 4.